The Hall–Kier alpha value is -3.20. The van der Waals surface area contributed by atoms with Gasteiger partial charge >= 0.3 is 5.97 Å². The fourth-order valence-corrected chi connectivity index (χ4v) is 4.00. The first-order chi connectivity index (χ1) is 14.7. The summed E-state index contributed by atoms with van der Waals surface area (Å²) in [6, 6.07) is 6.99. The maximum atomic E-state index is 12.9. The SMILES string of the molecule is Cc1c(C(=O)OC(C)C)sc2ncn(CC(=O)Nc3ccc(OC(C)C)cc3)c(=O)c12. The van der Waals surface area contributed by atoms with Gasteiger partial charge in [0.25, 0.3) is 5.56 Å². The first-order valence-electron chi connectivity index (χ1n) is 9.91. The third-order valence-corrected chi connectivity index (χ3v) is 5.45. The summed E-state index contributed by atoms with van der Waals surface area (Å²) >= 11 is 1.11. The highest BCUT2D eigenvalue weighted by Gasteiger charge is 2.21. The first kappa shape index (κ1) is 22.5. The molecule has 0 atom stereocenters. The second-order valence-corrected chi connectivity index (χ2v) is 8.61. The van der Waals surface area contributed by atoms with Crippen LogP contribution in [0.3, 0.4) is 0 Å². The van der Waals surface area contributed by atoms with Crippen LogP contribution in [0.5, 0.6) is 5.75 Å². The van der Waals surface area contributed by atoms with Crippen molar-refractivity contribution in [3.63, 3.8) is 0 Å². The fraction of sp³-hybridized carbons (Fsp3) is 0.364. The van der Waals surface area contributed by atoms with E-state index in [1.54, 1.807) is 45.0 Å². The van der Waals surface area contributed by atoms with Gasteiger partial charge < -0.3 is 14.8 Å². The minimum absolute atomic E-state index is 0.0584. The molecular weight excluding hydrogens is 418 g/mol. The lowest BCUT2D eigenvalue weighted by Gasteiger charge is -2.11. The molecule has 0 radical (unpaired) electrons. The molecule has 9 heteroatoms. The summed E-state index contributed by atoms with van der Waals surface area (Å²) in [6.45, 7) is 8.87. The number of carbonyl (C=O) groups excluding carboxylic acids is 2. The van der Waals surface area contributed by atoms with Gasteiger partial charge in [-0.1, -0.05) is 0 Å². The lowest BCUT2D eigenvalue weighted by atomic mass is 10.2. The number of amides is 1. The van der Waals surface area contributed by atoms with E-state index in [9.17, 15) is 14.4 Å². The van der Waals surface area contributed by atoms with E-state index in [0.717, 1.165) is 11.3 Å². The third-order valence-electron chi connectivity index (χ3n) is 4.27. The number of aromatic nitrogens is 2. The van der Waals surface area contributed by atoms with Crippen molar-refractivity contribution < 1.29 is 19.1 Å². The molecule has 3 rings (SSSR count). The molecule has 2 heterocycles. The molecule has 0 spiro atoms. The molecule has 0 unspecified atom stereocenters. The zero-order valence-corrected chi connectivity index (χ0v) is 18.9. The number of carbonyl (C=O) groups is 2. The number of aryl methyl sites for hydroxylation is 1. The van der Waals surface area contributed by atoms with Crippen molar-refractivity contribution in [3.8, 4) is 5.75 Å². The van der Waals surface area contributed by atoms with Crippen molar-refractivity contribution in [2.45, 2.75) is 53.4 Å². The van der Waals surface area contributed by atoms with Crippen LogP contribution in [-0.2, 0) is 16.1 Å². The fourth-order valence-electron chi connectivity index (χ4n) is 2.98. The summed E-state index contributed by atoms with van der Waals surface area (Å²) in [6.07, 6.45) is 1.11. The van der Waals surface area contributed by atoms with E-state index in [2.05, 4.69) is 10.3 Å². The first-order valence-corrected chi connectivity index (χ1v) is 10.7. The van der Waals surface area contributed by atoms with Gasteiger partial charge in [0.15, 0.2) is 0 Å². The second-order valence-electron chi connectivity index (χ2n) is 7.61. The van der Waals surface area contributed by atoms with Gasteiger partial charge in [-0.05, 0) is 64.4 Å². The Bertz CT molecular complexity index is 1160. The number of nitrogens with one attached hydrogen (secondary N) is 1. The highest BCUT2D eigenvalue weighted by atomic mass is 32.1. The molecule has 0 aliphatic carbocycles. The largest absolute Gasteiger partial charge is 0.491 e. The molecule has 0 fully saturated rings. The van der Waals surface area contributed by atoms with Crippen LogP contribution in [0.1, 0.15) is 42.9 Å². The van der Waals surface area contributed by atoms with Gasteiger partial charge in [0, 0.05) is 5.69 Å². The summed E-state index contributed by atoms with van der Waals surface area (Å²) in [5.41, 5.74) is 0.727. The van der Waals surface area contributed by atoms with Gasteiger partial charge in [0.1, 0.15) is 22.0 Å². The minimum atomic E-state index is -0.482. The zero-order valence-electron chi connectivity index (χ0n) is 18.1. The van der Waals surface area contributed by atoms with Gasteiger partial charge in [-0.25, -0.2) is 9.78 Å². The van der Waals surface area contributed by atoms with E-state index in [1.807, 2.05) is 13.8 Å². The zero-order chi connectivity index (χ0) is 22.7. The number of ether oxygens (including phenoxy) is 2. The Labute approximate surface area is 183 Å². The van der Waals surface area contributed by atoms with Crippen molar-refractivity contribution in [2.24, 2.45) is 0 Å². The van der Waals surface area contributed by atoms with Crippen LogP contribution >= 0.6 is 11.3 Å². The average Bonchev–Trinajstić information content (AvgIpc) is 3.02. The molecule has 0 saturated carbocycles. The van der Waals surface area contributed by atoms with Crippen molar-refractivity contribution in [1.82, 2.24) is 9.55 Å². The van der Waals surface area contributed by atoms with E-state index in [1.165, 1.54) is 10.9 Å². The van der Waals surface area contributed by atoms with E-state index >= 15 is 0 Å². The van der Waals surface area contributed by atoms with Crippen LogP contribution in [0.2, 0.25) is 0 Å². The predicted molar refractivity (Wildman–Crippen MR) is 120 cm³/mol. The maximum Gasteiger partial charge on any atom is 0.348 e. The average molecular weight is 444 g/mol. The molecular formula is C22H25N3O5S. The van der Waals surface area contributed by atoms with Crippen LogP contribution in [-0.4, -0.2) is 33.6 Å². The van der Waals surface area contributed by atoms with E-state index in [-0.39, 0.29) is 30.2 Å². The quantitative estimate of drug-likeness (QED) is 0.558. The van der Waals surface area contributed by atoms with Gasteiger partial charge in [-0.15, -0.1) is 11.3 Å². The summed E-state index contributed by atoms with van der Waals surface area (Å²) in [5.74, 6) is -0.143. The van der Waals surface area contributed by atoms with Gasteiger partial charge in [-0.2, -0.15) is 0 Å². The van der Waals surface area contributed by atoms with Crippen LogP contribution < -0.4 is 15.6 Å². The summed E-state index contributed by atoms with van der Waals surface area (Å²) in [4.78, 5) is 42.7. The molecule has 164 valence electrons. The molecule has 2 aromatic heterocycles. The molecule has 0 aliphatic rings. The van der Waals surface area contributed by atoms with E-state index in [4.69, 9.17) is 9.47 Å². The second kappa shape index (κ2) is 9.30. The Kier molecular flexibility index (Phi) is 6.74. The number of nitrogens with zero attached hydrogens (tertiary/aromatic N) is 2. The molecule has 0 saturated heterocycles. The summed E-state index contributed by atoms with van der Waals surface area (Å²) in [7, 11) is 0. The van der Waals surface area contributed by atoms with Crippen LogP contribution in [0.4, 0.5) is 5.69 Å². The van der Waals surface area contributed by atoms with Gasteiger partial charge in [0.05, 0.1) is 23.9 Å². The molecule has 1 N–H and O–H groups in total. The number of rotatable bonds is 7. The lowest BCUT2D eigenvalue weighted by Crippen LogP contribution is -2.27. The summed E-state index contributed by atoms with van der Waals surface area (Å²) in [5, 5.41) is 3.08. The topological polar surface area (TPSA) is 99.5 Å². The van der Waals surface area contributed by atoms with E-state index in [0.29, 0.717) is 32.1 Å². The molecule has 1 aromatic carbocycles. The van der Waals surface area contributed by atoms with Gasteiger partial charge in [0.2, 0.25) is 5.91 Å². The number of hydrogen-bond acceptors (Lipinski definition) is 7. The van der Waals surface area contributed by atoms with Crippen LogP contribution in [0.25, 0.3) is 10.2 Å². The Morgan fingerprint density at radius 2 is 1.81 bits per heavy atom. The standard InChI is InChI=1S/C22H25N3O5S/c1-12(2)29-16-8-6-15(7-9-16)24-17(26)10-25-11-23-20-18(21(25)27)14(5)19(31-20)22(28)30-13(3)4/h6-9,11-13H,10H2,1-5H3,(H,24,26). The smallest absolute Gasteiger partial charge is 0.348 e. The molecule has 1 amide bonds. The highest BCUT2D eigenvalue weighted by molar-refractivity contribution is 7.20. The van der Waals surface area contributed by atoms with Crippen molar-refractivity contribution in [2.75, 3.05) is 5.32 Å². The Morgan fingerprint density at radius 1 is 1.13 bits per heavy atom. The minimum Gasteiger partial charge on any atom is -0.491 e. The number of esters is 1. The molecule has 8 nitrogen and oxygen atoms in total. The van der Waals surface area contributed by atoms with Crippen LogP contribution in [0.15, 0.2) is 35.4 Å². The number of fused-ring (bicyclic) bond motifs is 1. The number of thiophene rings is 1. The lowest BCUT2D eigenvalue weighted by molar-refractivity contribution is -0.116. The normalized spacial score (nSPS) is 11.2. The van der Waals surface area contributed by atoms with Crippen molar-refractivity contribution in [1.29, 1.82) is 0 Å². The number of hydrogen-bond donors (Lipinski definition) is 1. The van der Waals surface area contributed by atoms with Crippen LogP contribution in [0, 0.1) is 6.92 Å². The number of anilines is 1. The predicted octanol–water partition coefficient (Wildman–Crippen LogP) is 3.76. The van der Waals surface area contributed by atoms with Crippen molar-refractivity contribution in [3.05, 3.63) is 51.4 Å². The monoisotopic (exact) mass is 443 g/mol. The molecule has 0 bridgehead atoms. The Morgan fingerprint density at radius 3 is 2.42 bits per heavy atom. The molecule has 3 aromatic rings. The third kappa shape index (κ3) is 5.29. The summed E-state index contributed by atoms with van der Waals surface area (Å²) < 4.78 is 12.0. The Balaban J connectivity index is 1.77. The maximum absolute atomic E-state index is 12.9. The van der Waals surface area contributed by atoms with Crippen molar-refractivity contribution >= 4 is 39.1 Å². The van der Waals surface area contributed by atoms with Gasteiger partial charge in [-0.3, -0.25) is 14.2 Å². The molecule has 31 heavy (non-hydrogen) atoms. The van der Waals surface area contributed by atoms with E-state index < -0.39 is 5.97 Å². The molecule has 0 aliphatic heterocycles. The number of benzene rings is 1. The highest BCUT2D eigenvalue weighted by Crippen LogP contribution is 2.27.